The molecule has 8 aromatic rings. The van der Waals surface area contributed by atoms with Crippen LogP contribution in [-0.4, -0.2) is 155 Å². The number of aromatic amines is 1. The number of benzene rings is 1. The number of nitrogens with zero attached hydrogens (tertiary/aromatic N) is 8. The molecular weight excluding hydrogens is 1200 g/mol. The number of hydrogen-bond donors (Lipinski definition) is 3. The van der Waals surface area contributed by atoms with E-state index < -0.39 is 5.56 Å². The molecule has 0 saturated carbocycles. The van der Waals surface area contributed by atoms with E-state index in [1.165, 1.54) is 121 Å². The third-order valence-corrected chi connectivity index (χ3v) is 12.3. The molecular formula is C60H69BClN9NaO18. The largest absolute Gasteiger partial charge is 1.00 e. The fourth-order valence-corrected chi connectivity index (χ4v) is 7.95. The molecule has 0 fully saturated rings. The number of nitrogens with one attached hydrogen (secondary N) is 1. The third-order valence-electron chi connectivity index (χ3n) is 12.0. The first kappa shape index (κ1) is 76.9. The predicted molar refractivity (Wildman–Crippen MR) is 325 cm³/mol. The Morgan fingerprint density at radius 3 is 1.44 bits per heavy atom. The van der Waals surface area contributed by atoms with Gasteiger partial charge >= 0.3 is 35.5 Å². The Morgan fingerprint density at radius 2 is 1.04 bits per heavy atom. The van der Waals surface area contributed by atoms with Crippen molar-refractivity contribution in [2.75, 3.05) is 84.3 Å². The molecule has 0 unspecified atom stereocenters. The van der Waals surface area contributed by atoms with Gasteiger partial charge in [0, 0.05) is 20.0 Å². The van der Waals surface area contributed by atoms with Gasteiger partial charge in [0.05, 0.1) is 212 Å². The first-order valence-corrected chi connectivity index (χ1v) is 26.5. The van der Waals surface area contributed by atoms with E-state index in [0.717, 1.165) is 11.1 Å². The number of aromatic hydroxyl groups is 1. The average Bonchev–Trinajstić information content (AvgIpc) is 1.63. The maximum absolute atomic E-state index is 13.0. The number of rotatable bonds is 23. The number of halogens is 1. The van der Waals surface area contributed by atoms with Crippen molar-refractivity contribution in [3.8, 4) is 91.9 Å². The number of ether oxygens (including phenoxy) is 12. The van der Waals surface area contributed by atoms with E-state index in [-0.39, 0.29) is 100 Å². The zero-order valence-corrected chi connectivity index (χ0v) is 54.8. The summed E-state index contributed by atoms with van der Waals surface area (Å²) in [6.07, 6.45) is 16.5. The van der Waals surface area contributed by atoms with Gasteiger partial charge in [-0.05, 0) is 31.5 Å². The number of carbonyl (C=O) groups excluding carboxylic acids is 2. The van der Waals surface area contributed by atoms with Crippen molar-refractivity contribution >= 4 is 32.3 Å². The van der Waals surface area contributed by atoms with Crippen LogP contribution in [0.3, 0.4) is 0 Å². The molecule has 90 heavy (non-hydrogen) atoms. The maximum Gasteiger partial charge on any atom is 1.00 e. The smallest absolute Gasteiger partial charge is 1.00 e. The molecule has 473 valence electrons. The number of aromatic nitrogens is 8. The summed E-state index contributed by atoms with van der Waals surface area (Å²) in [6.45, 7) is 4.24. The number of methoxy groups -OCH3 is 10. The van der Waals surface area contributed by atoms with Crippen LogP contribution in [0.15, 0.2) is 95.4 Å². The molecule has 3 radical (unpaired) electrons. The Bertz CT molecular complexity index is 3510. The van der Waals surface area contributed by atoms with Gasteiger partial charge in [-0.2, -0.15) is 5.26 Å². The second kappa shape index (κ2) is 41.1. The standard InChI is InChI=1S/C24H23ClN4O6.C11H15NO4.C9H10N2O2.C8H11NO3.C8H9NO3.B.Na.H/c1-4-34-12-15-19(20-16(32-2)10-26-11-17(20)33-3)22(30)21(23(31)27-15)24-29-28-18(35-24)9-13-5-7-14(25)8-6-13;1-4-16-11(13)5-8-9(14-2)6-12-7-10(8)15-3;1-12-8-5-11-6-9(13-2)7(8)3-4-10;2*1-11-7-3-9-4-8(12-2)6(7)5-10;;;/h5-8,10-11H,4,9,12H2,1-3H3,(H2,27,30,31);6-7H,4-5H2,1-3H3;5-6H,3H2,1-2H3;3-4,10H,5H2,1-2H3;3-5H,1-2H3;;;/q;;;;;;+1;-1. The molecule has 7 aromatic heterocycles. The fraction of sp³-hybridized carbons (Fsp3) is 0.317. The molecule has 0 atom stereocenters. The van der Waals surface area contributed by atoms with Crippen molar-refractivity contribution in [1.29, 1.82) is 5.26 Å². The number of nitriles is 1. The van der Waals surface area contributed by atoms with Crippen LogP contribution in [0.2, 0.25) is 5.02 Å². The monoisotopic (exact) mass is 1270 g/mol. The van der Waals surface area contributed by atoms with Gasteiger partial charge < -0.3 is 77.9 Å². The number of H-pyrrole nitrogens is 1. The Hall–Kier alpha value is -9.24. The predicted octanol–water partition coefficient (Wildman–Crippen LogP) is 4.60. The Balaban J connectivity index is 0.000000620. The molecule has 0 saturated heterocycles. The molecule has 0 aliphatic rings. The molecule has 0 bridgehead atoms. The summed E-state index contributed by atoms with van der Waals surface area (Å²) in [6, 6.07) is 9.22. The van der Waals surface area contributed by atoms with Crippen LogP contribution < -0.4 is 82.5 Å². The molecule has 0 aliphatic heterocycles. The molecule has 0 spiro atoms. The van der Waals surface area contributed by atoms with Crippen molar-refractivity contribution in [3.05, 3.63) is 141 Å². The van der Waals surface area contributed by atoms with E-state index in [2.05, 4.69) is 40.1 Å². The maximum atomic E-state index is 13.0. The molecule has 7 heterocycles. The topological polar surface area (TPSA) is 345 Å². The van der Waals surface area contributed by atoms with E-state index in [0.29, 0.717) is 116 Å². The molecule has 0 aliphatic carbocycles. The van der Waals surface area contributed by atoms with Crippen LogP contribution in [0.1, 0.15) is 59.5 Å². The quantitative estimate of drug-likeness (QED) is 0.0447. The second-order valence-electron chi connectivity index (χ2n) is 17.0. The van der Waals surface area contributed by atoms with Gasteiger partial charge in [-0.1, -0.05) is 23.7 Å². The van der Waals surface area contributed by atoms with Crippen LogP contribution in [0.25, 0.3) is 22.6 Å². The molecule has 27 nitrogen and oxygen atoms in total. The number of carbonyl (C=O) groups is 2. The normalized spacial score (nSPS) is 9.79. The van der Waals surface area contributed by atoms with Crippen molar-refractivity contribution in [1.82, 2.24) is 40.1 Å². The number of aliphatic hydroxyl groups is 1. The summed E-state index contributed by atoms with van der Waals surface area (Å²) in [4.78, 5) is 57.4. The van der Waals surface area contributed by atoms with E-state index in [1.54, 1.807) is 31.5 Å². The minimum Gasteiger partial charge on any atom is -1.00 e. The van der Waals surface area contributed by atoms with Gasteiger partial charge in [-0.15, -0.1) is 10.2 Å². The SMILES string of the molecule is CCOC(=O)Cc1c(OC)cncc1OC.CCOCc1[nH]c(=O)c(-c2nnc(Cc3ccc(Cl)cc3)o2)c(O)c1-c1c(OC)cncc1OC.COc1cncc(OC)c1C=O.COc1cncc(OC)c1CC#N.COc1cncc(OC)c1CO.[B].[H-].[Na+]. The van der Waals surface area contributed by atoms with Crippen LogP contribution in [0, 0.1) is 11.3 Å². The fourth-order valence-electron chi connectivity index (χ4n) is 7.82. The first-order valence-electron chi connectivity index (χ1n) is 26.2. The van der Waals surface area contributed by atoms with E-state index in [9.17, 15) is 19.5 Å². The van der Waals surface area contributed by atoms with E-state index >= 15 is 0 Å². The zero-order chi connectivity index (χ0) is 64.5. The van der Waals surface area contributed by atoms with Gasteiger partial charge in [0.1, 0.15) is 62.9 Å². The zero-order valence-electron chi connectivity index (χ0n) is 53.1. The van der Waals surface area contributed by atoms with Gasteiger partial charge in [0.2, 0.25) is 5.89 Å². The molecule has 1 aromatic carbocycles. The summed E-state index contributed by atoms with van der Waals surface area (Å²) in [5.41, 5.74) is 3.43. The van der Waals surface area contributed by atoms with Crippen molar-refractivity contribution in [2.45, 2.75) is 46.3 Å². The summed E-state index contributed by atoms with van der Waals surface area (Å²) in [7, 11) is 15.0. The summed E-state index contributed by atoms with van der Waals surface area (Å²) < 4.78 is 67.2. The number of aldehydes is 1. The van der Waals surface area contributed by atoms with E-state index in [4.69, 9.17) is 83.2 Å². The minimum atomic E-state index is -0.616. The molecule has 30 heteroatoms. The first-order chi connectivity index (χ1) is 42.7. The van der Waals surface area contributed by atoms with Gasteiger partial charge in [0.25, 0.3) is 11.4 Å². The molecule has 0 amide bonds. The Kier molecular flexibility index (Phi) is 35.1. The minimum absolute atomic E-state index is 0. The van der Waals surface area contributed by atoms with Gasteiger partial charge in [-0.25, -0.2) is 0 Å². The van der Waals surface area contributed by atoms with Crippen LogP contribution in [-0.2, 0) is 46.7 Å². The molecule has 8 rings (SSSR count). The van der Waals surface area contributed by atoms with Crippen molar-refractivity contribution in [3.63, 3.8) is 0 Å². The third kappa shape index (κ3) is 21.2. The number of pyridine rings is 6. The summed E-state index contributed by atoms with van der Waals surface area (Å²) >= 11 is 5.94. The number of hydrogen-bond acceptors (Lipinski definition) is 26. The van der Waals surface area contributed by atoms with Gasteiger partial charge in [0.15, 0.2) is 17.8 Å². The number of esters is 1. The number of aliphatic hydroxyl groups excluding tert-OH is 1. The van der Waals surface area contributed by atoms with Crippen molar-refractivity contribution < 1.29 is 112 Å². The van der Waals surface area contributed by atoms with Crippen LogP contribution in [0.4, 0.5) is 0 Å². The van der Waals surface area contributed by atoms with Crippen LogP contribution >= 0.6 is 11.6 Å². The Morgan fingerprint density at radius 1 is 0.622 bits per heavy atom. The second-order valence-corrected chi connectivity index (χ2v) is 17.4. The molecule has 3 N–H and O–H groups in total. The van der Waals surface area contributed by atoms with Gasteiger partial charge in [-0.3, -0.25) is 39.3 Å². The average molecular weight is 1270 g/mol. The van der Waals surface area contributed by atoms with E-state index in [1.807, 2.05) is 25.1 Å². The van der Waals surface area contributed by atoms with Crippen LogP contribution in [0.5, 0.6) is 63.2 Å². The summed E-state index contributed by atoms with van der Waals surface area (Å²) in [5.74, 6) is 4.21. The summed E-state index contributed by atoms with van der Waals surface area (Å²) in [5, 5.41) is 37.6. The Labute approximate surface area is 550 Å². The van der Waals surface area contributed by atoms with Crippen molar-refractivity contribution in [2.24, 2.45) is 0 Å².